The maximum absolute atomic E-state index is 16.4. The Morgan fingerprint density at radius 3 is 2.30 bits per heavy atom. The minimum absolute atomic E-state index is 0.172. The smallest absolute Gasteiger partial charge is 0.255 e. The van der Waals surface area contributed by atoms with E-state index in [0.29, 0.717) is 91.6 Å². The number of fused-ring (bicyclic) bond motifs is 2. The number of nitrogens with one attached hydrogen (secondary N) is 3. The molecule has 4 aliphatic rings. The van der Waals surface area contributed by atoms with Gasteiger partial charge >= 0.3 is 0 Å². The molecule has 5 heterocycles. The summed E-state index contributed by atoms with van der Waals surface area (Å²) in [7, 11) is 0. The number of piperidine rings is 2. The van der Waals surface area contributed by atoms with E-state index in [-0.39, 0.29) is 41.8 Å². The third-order valence-corrected chi connectivity index (χ3v) is 14.0. The van der Waals surface area contributed by atoms with E-state index in [4.69, 9.17) is 4.74 Å². The van der Waals surface area contributed by atoms with E-state index in [1.807, 2.05) is 50.2 Å². The van der Waals surface area contributed by atoms with E-state index in [1.165, 1.54) is 6.07 Å². The van der Waals surface area contributed by atoms with Gasteiger partial charge in [-0.05, 0) is 85.5 Å². The number of ether oxygens (including phenoxy) is 1. The number of anilines is 2. The Balaban J connectivity index is 0.813. The summed E-state index contributed by atoms with van der Waals surface area (Å²) in [6.45, 7) is 13.0. The first kappa shape index (κ1) is 44.3. The average molecular weight is 873 g/mol. The second kappa shape index (κ2) is 18.1. The zero-order chi connectivity index (χ0) is 45.3. The van der Waals surface area contributed by atoms with Crippen molar-refractivity contribution in [3.8, 4) is 11.8 Å². The van der Waals surface area contributed by atoms with Crippen molar-refractivity contribution in [2.24, 2.45) is 5.41 Å². The van der Waals surface area contributed by atoms with Gasteiger partial charge in [-0.3, -0.25) is 34.2 Å². The number of hydrogen-bond donors (Lipinski definition) is 3. The Bertz CT molecular complexity index is 2540. The van der Waals surface area contributed by atoms with Crippen molar-refractivity contribution in [3.05, 3.63) is 99.3 Å². The van der Waals surface area contributed by atoms with Gasteiger partial charge in [0.15, 0.2) is 0 Å². The molecule has 2 unspecified atom stereocenters. The lowest BCUT2D eigenvalue weighted by atomic mass is 9.76. The van der Waals surface area contributed by atoms with Crippen molar-refractivity contribution < 1.29 is 28.3 Å². The molecule has 0 radical (unpaired) electrons. The molecule has 14 nitrogen and oxygen atoms in total. The van der Waals surface area contributed by atoms with Gasteiger partial charge in [-0.2, -0.15) is 5.26 Å². The van der Waals surface area contributed by atoms with Crippen LogP contribution in [0.4, 0.5) is 15.8 Å². The number of piperazine rings is 1. The summed E-state index contributed by atoms with van der Waals surface area (Å²) >= 11 is 0. The van der Waals surface area contributed by atoms with Crippen LogP contribution >= 0.6 is 0 Å². The van der Waals surface area contributed by atoms with E-state index in [2.05, 4.69) is 50.2 Å². The minimum Gasteiger partial charge on any atom is -0.489 e. The van der Waals surface area contributed by atoms with Crippen molar-refractivity contribution in [1.82, 2.24) is 25.4 Å². The summed E-state index contributed by atoms with van der Waals surface area (Å²) < 4.78 is 23.0. The minimum atomic E-state index is -1.31. The number of carbonyl (C=O) groups excluding carboxylic acids is 4. The number of nitrogens with zero attached hydrogens (tertiary/aromatic N) is 5. The van der Waals surface area contributed by atoms with Crippen LogP contribution in [0.2, 0.25) is 0 Å². The predicted molar refractivity (Wildman–Crippen MR) is 242 cm³/mol. The molecule has 8 rings (SSSR count). The maximum atomic E-state index is 16.4. The van der Waals surface area contributed by atoms with Crippen molar-refractivity contribution in [2.45, 2.75) is 96.6 Å². The van der Waals surface area contributed by atoms with E-state index >= 15 is 4.39 Å². The molecule has 4 aliphatic heterocycles. The summed E-state index contributed by atoms with van der Waals surface area (Å²) in [5.74, 6) is -0.559. The molecule has 3 saturated heterocycles. The molecule has 3 atom stereocenters. The number of amides is 4. The quantitative estimate of drug-likeness (QED) is 0.142. The van der Waals surface area contributed by atoms with Crippen LogP contribution in [0.15, 0.2) is 71.5 Å². The van der Waals surface area contributed by atoms with Crippen molar-refractivity contribution in [1.29, 1.82) is 5.26 Å². The molecule has 4 amide bonds. The number of H-pyrrole nitrogens is 1. The summed E-state index contributed by atoms with van der Waals surface area (Å²) in [6, 6.07) is 21.1. The van der Waals surface area contributed by atoms with Crippen molar-refractivity contribution in [2.75, 3.05) is 55.6 Å². The molecule has 64 heavy (non-hydrogen) atoms. The van der Waals surface area contributed by atoms with Crippen LogP contribution in [-0.4, -0.2) is 108 Å². The Hall–Kier alpha value is -6.27. The van der Waals surface area contributed by atoms with Crippen LogP contribution in [0.3, 0.4) is 0 Å². The lowest BCUT2D eigenvalue weighted by Crippen LogP contribution is -2.53. The van der Waals surface area contributed by atoms with Crippen LogP contribution in [0.5, 0.6) is 5.75 Å². The van der Waals surface area contributed by atoms with Crippen LogP contribution < -0.4 is 30.7 Å². The largest absolute Gasteiger partial charge is 0.489 e. The van der Waals surface area contributed by atoms with E-state index in [0.717, 1.165) is 43.1 Å². The molecular weight excluding hydrogens is 816 g/mol. The molecule has 3 fully saturated rings. The Kier molecular flexibility index (Phi) is 12.5. The standard InChI is InChI=1S/C49H57FN8O6/c1-5-40(48(3,4)41(6-2)64-39-16-9-32(28-51)44-37(39)14-17-42(59)53-44)52-45(61)31-7-10-34(11-8-31)57-25-23-55(24-26-57)30-49(50)19-21-56(22-20-49)35-12-13-36-33(27-35)29-58(47(36)63)38-15-18-43(60)54-46(38)62/h7-14,16-17,27,38,40-41H,5-6,15,18-26,29-30H2,1-4H3,(H,52,61)(H,53,59)(H,54,60,62)/t38?,40?,41-/m1/s1. The van der Waals surface area contributed by atoms with Gasteiger partial charge in [0.1, 0.15) is 29.6 Å². The third-order valence-electron chi connectivity index (χ3n) is 14.0. The van der Waals surface area contributed by atoms with Gasteiger partial charge < -0.3 is 29.7 Å². The number of rotatable bonds is 13. The normalized spacial score (nSPS) is 20.1. The van der Waals surface area contributed by atoms with Gasteiger partial charge in [-0.25, -0.2) is 4.39 Å². The van der Waals surface area contributed by atoms with Crippen LogP contribution in [0.25, 0.3) is 10.9 Å². The molecule has 3 aromatic carbocycles. The van der Waals surface area contributed by atoms with Gasteiger partial charge in [-0.15, -0.1) is 0 Å². The maximum Gasteiger partial charge on any atom is 0.255 e. The summed E-state index contributed by atoms with van der Waals surface area (Å²) in [4.78, 5) is 74.0. The molecule has 4 aromatic rings. The third kappa shape index (κ3) is 8.93. The number of imide groups is 1. The highest BCUT2D eigenvalue weighted by Gasteiger charge is 2.42. The average Bonchev–Trinajstić information content (AvgIpc) is 3.61. The van der Waals surface area contributed by atoms with Gasteiger partial charge in [0.05, 0.1) is 11.1 Å². The van der Waals surface area contributed by atoms with Crippen LogP contribution in [-0.2, 0) is 16.1 Å². The fourth-order valence-electron chi connectivity index (χ4n) is 10.1. The van der Waals surface area contributed by atoms with E-state index in [9.17, 15) is 29.2 Å². The summed E-state index contributed by atoms with van der Waals surface area (Å²) in [5.41, 5.74) is 2.61. The van der Waals surface area contributed by atoms with Crippen LogP contribution in [0, 0.1) is 16.7 Å². The Labute approximate surface area is 372 Å². The van der Waals surface area contributed by atoms with Crippen molar-refractivity contribution in [3.63, 3.8) is 0 Å². The number of aromatic nitrogens is 1. The molecule has 0 spiro atoms. The first-order chi connectivity index (χ1) is 30.7. The topological polar surface area (TPSA) is 171 Å². The number of aromatic amines is 1. The summed E-state index contributed by atoms with van der Waals surface area (Å²) in [6.07, 6.45) is 2.36. The first-order valence-corrected chi connectivity index (χ1v) is 22.5. The highest BCUT2D eigenvalue weighted by molar-refractivity contribution is 6.05. The Morgan fingerprint density at radius 1 is 0.922 bits per heavy atom. The zero-order valence-corrected chi connectivity index (χ0v) is 37.0. The molecule has 0 aliphatic carbocycles. The number of benzene rings is 3. The second-order valence-electron chi connectivity index (χ2n) is 18.3. The Morgan fingerprint density at radius 2 is 1.62 bits per heavy atom. The first-order valence-electron chi connectivity index (χ1n) is 22.5. The van der Waals surface area contributed by atoms with Gasteiger partial charge in [0.25, 0.3) is 11.8 Å². The SMILES string of the molecule is CCC(NC(=O)c1ccc(N2CCN(CC3(F)CCN(c4ccc5c(c4)CN(C4CCC(=O)NC4=O)C5=O)CC3)CC2)cc1)C(C)(C)[C@@H](CC)Oc1ccc(C#N)c2[nH]c(=O)ccc12. The molecule has 1 aromatic heterocycles. The zero-order valence-electron chi connectivity index (χ0n) is 37.0. The second-order valence-corrected chi connectivity index (χ2v) is 18.3. The number of halogens is 1. The molecule has 0 saturated carbocycles. The predicted octanol–water partition coefficient (Wildman–Crippen LogP) is 5.68. The van der Waals surface area contributed by atoms with Crippen LogP contribution in [0.1, 0.15) is 98.1 Å². The summed E-state index contributed by atoms with van der Waals surface area (Å²) in [5, 5.41) is 15.9. The van der Waals surface area contributed by atoms with E-state index < -0.39 is 23.0 Å². The molecule has 0 bridgehead atoms. The van der Waals surface area contributed by atoms with E-state index in [1.54, 1.807) is 29.2 Å². The number of carbonyl (C=O) groups is 4. The molecule has 15 heteroatoms. The number of hydrogen-bond acceptors (Lipinski definition) is 10. The molecule has 336 valence electrons. The number of pyridine rings is 1. The fraction of sp³-hybridized carbons (Fsp3) is 0.469. The van der Waals surface area contributed by atoms with Gasteiger partial charge in [0, 0.05) is 117 Å². The van der Waals surface area contributed by atoms with Gasteiger partial charge in [-0.1, -0.05) is 27.7 Å². The molecule has 3 N–H and O–H groups in total. The van der Waals surface area contributed by atoms with Crippen molar-refractivity contribution >= 4 is 45.9 Å². The highest BCUT2D eigenvalue weighted by Crippen LogP contribution is 2.37. The lowest BCUT2D eigenvalue weighted by molar-refractivity contribution is -0.136. The fourth-order valence-corrected chi connectivity index (χ4v) is 10.1. The lowest BCUT2D eigenvalue weighted by Gasteiger charge is -2.43. The monoisotopic (exact) mass is 872 g/mol. The highest BCUT2D eigenvalue weighted by atomic mass is 19.1. The van der Waals surface area contributed by atoms with Gasteiger partial charge in [0.2, 0.25) is 17.4 Å². The molecular formula is C49H57FN8O6. The number of nitriles is 1. The number of alkyl halides is 1.